The molecule has 0 bridgehead atoms. The molecule has 0 fully saturated rings. The summed E-state index contributed by atoms with van der Waals surface area (Å²) in [5.41, 5.74) is 0.952. The molecule has 0 spiro atoms. The molecular formula is C11H10ClN3O. The lowest BCUT2D eigenvalue weighted by Crippen LogP contribution is -2.20. The summed E-state index contributed by atoms with van der Waals surface area (Å²) in [5, 5.41) is 0.225. The van der Waals surface area contributed by atoms with Gasteiger partial charge in [0, 0.05) is 25.0 Å². The fraction of sp³-hybridized carbons (Fsp3) is 0.182. The third-order valence-corrected chi connectivity index (χ3v) is 2.42. The van der Waals surface area contributed by atoms with Gasteiger partial charge in [0.15, 0.2) is 0 Å². The van der Waals surface area contributed by atoms with E-state index in [-0.39, 0.29) is 10.7 Å². The summed E-state index contributed by atoms with van der Waals surface area (Å²) in [4.78, 5) is 19.4. The number of aromatic nitrogens is 3. The fourth-order valence-corrected chi connectivity index (χ4v) is 1.50. The summed E-state index contributed by atoms with van der Waals surface area (Å²) >= 11 is 5.60. The Bertz CT molecular complexity index is 524. The van der Waals surface area contributed by atoms with E-state index in [1.54, 1.807) is 12.4 Å². The van der Waals surface area contributed by atoms with Crippen LogP contribution in [0.5, 0.6) is 0 Å². The Hall–Kier alpha value is -1.68. The summed E-state index contributed by atoms with van der Waals surface area (Å²) in [6.07, 6.45) is 5.71. The second kappa shape index (κ2) is 4.90. The molecule has 2 aromatic rings. The van der Waals surface area contributed by atoms with Gasteiger partial charge in [0.1, 0.15) is 5.15 Å². The maximum Gasteiger partial charge on any atom is 0.254 e. The first-order valence-electron chi connectivity index (χ1n) is 4.86. The van der Waals surface area contributed by atoms with E-state index in [2.05, 4.69) is 9.97 Å². The van der Waals surface area contributed by atoms with Gasteiger partial charge in [-0.2, -0.15) is 0 Å². The van der Waals surface area contributed by atoms with Crippen molar-refractivity contribution in [2.45, 2.75) is 13.0 Å². The van der Waals surface area contributed by atoms with Crippen molar-refractivity contribution < 1.29 is 0 Å². The Labute approximate surface area is 97.6 Å². The van der Waals surface area contributed by atoms with Crippen molar-refractivity contribution in [1.82, 2.24) is 14.5 Å². The molecule has 16 heavy (non-hydrogen) atoms. The third kappa shape index (κ3) is 2.67. The quantitative estimate of drug-likeness (QED) is 0.759. The molecule has 0 saturated carbocycles. The molecule has 4 nitrogen and oxygen atoms in total. The van der Waals surface area contributed by atoms with Crippen LogP contribution < -0.4 is 5.56 Å². The number of hydrogen-bond acceptors (Lipinski definition) is 3. The Morgan fingerprint density at radius 2 is 2.31 bits per heavy atom. The molecule has 0 aliphatic heterocycles. The smallest absolute Gasteiger partial charge is 0.254 e. The normalized spacial score (nSPS) is 10.3. The van der Waals surface area contributed by atoms with Gasteiger partial charge in [0.2, 0.25) is 0 Å². The molecular weight excluding hydrogens is 226 g/mol. The highest BCUT2D eigenvalue weighted by Crippen LogP contribution is 2.00. The minimum Gasteiger partial charge on any atom is -0.299 e. The zero-order valence-electron chi connectivity index (χ0n) is 8.51. The monoisotopic (exact) mass is 235 g/mol. The predicted molar refractivity (Wildman–Crippen MR) is 61.4 cm³/mol. The maximum atomic E-state index is 11.5. The SMILES string of the molecule is O=c1cc(Cl)ncn1CCc1cccnc1. The molecule has 0 aliphatic rings. The van der Waals surface area contributed by atoms with Crippen LogP contribution in [-0.2, 0) is 13.0 Å². The topological polar surface area (TPSA) is 47.8 Å². The van der Waals surface area contributed by atoms with Gasteiger partial charge in [-0.1, -0.05) is 17.7 Å². The zero-order valence-corrected chi connectivity index (χ0v) is 9.26. The summed E-state index contributed by atoms with van der Waals surface area (Å²) in [6, 6.07) is 5.16. The van der Waals surface area contributed by atoms with E-state index >= 15 is 0 Å². The lowest BCUT2D eigenvalue weighted by molar-refractivity contribution is 0.653. The summed E-state index contributed by atoms with van der Waals surface area (Å²) in [7, 11) is 0. The van der Waals surface area contributed by atoms with E-state index in [1.165, 1.54) is 17.0 Å². The van der Waals surface area contributed by atoms with Crippen LogP contribution in [0.3, 0.4) is 0 Å². The largest absolute Gasteiger partial charge is 0.299 e. The van der Waals surface area contributed by atoms with Gasteiger partial charge in [-0.15, -0.1) is 0 Å². The average Bonchev–Trinajstić information content (AvgIpc) is 2.29. The van der Waals surface area contributed by atoms with Crippen molar-refractivity contribution >= 4 is 11.6 Å². The van der Waals surface area contributed by atoms with E-state index in [9.17, 15) is 4.79 Å². The first kappa shape index (κ1) is 10.8. The summed E-state index contributed by atoms with van der Waals surface area (Å²) in [6.45, 7) is 0.578. The second-order valence-corrected chi connectivity index (χ2v) is 3.74. The molecule has 0 amide bonds. The Morgan fingerprint density at radius 1 is 1.44 bits per heavy atom. The number of pyridine rings is 1. The van der Waals surface area contributed by atoms with E-state index in [4.69, 9.17) is 11.6 Å². The lowest BCUT2D eigenvalue weighted by atomic mass is 10.2. The van der Waals surface area contributed by atoms with Crippen molar-refractivity contribution in [3.8, 4) is 0 Å². The van der Waals surface area contributed by atoms with Crippen LogP contribution in [-0.4, -0.2) is 14.5 Å². The highest BCUT2D eigenvalue weighted by atomic mass is 35.5. The summed E-state index contributed by atoms with van der Waals surface area (Å²) in [5.74, 6) is 0. The number of aryl methyl sites for hydroxylation is 2. The molecule has 0 radical (unpaired) electrons. The van der Waals surface area contributed by atoms with Gasteiger partial charge in [0.25, 0.3) is 5.56 Å². The standard InChI is InChI=1S/C11H10ClN3O/c12-10-6-11(16)15(8-14-10)5-3-9-2-1-4-13-7-9/h1-2,4,6-8H,3,5H2. The predicted octanol–water partition coefficient (Wildman–Crippen LogP) is 1.53. The van der Waals surface area contributed by atoms with Crippen LogP contribution in [0.4, 0.5) is 0 Å². The van der Waals surface area contributed by atoms with Crippen LogP contribution >= 0.6 is 11.6 Å². The fourth-order valence-electron chi connectivity index (χ4n) is 1.37. The van der Waals surface area contributed by atoms with Gasteiger partial charge < -0.3 is 0 Å². The van der Waals surface area contributed by atoms with Crippen molar-refractivity contribution in [2.24, 2.45) is 0 Å². The molecule has 2 aromatic heterocycles. The first-order chi connectivity index (χ1) is 7.75. The highest BCUT2D eigenvalue weighted by Gasteiger charge is 1.98. The van der Waals surface area contributed by atoms with Gasteiger partial charge in [0.05, 0.1) is 6.33 Å². The Balaban J connectivity index is 2.08. The number of halogens is 1. The Kier molecular flexibility index (Phi) is 3.31. The van der Waals surface area contributed by atoms with Crippen molar-refractivity contribution in [3.63, 3.8) is 0 Å². The summed E-state index contributed by atoms with van der Waals surface area (Å²) < 4.78 is 1.53. The molecule has 0 N–H and O–H groups in total. The highest BCUT2D eigenvalue weighted by molar-refractivity contribution is 6.29. The molecule has 82 valence electrons. The van der Waals surface area contributed by atoms with Crippen molar-refractivity contribution in [1.29, 1.82) is 0 Å². The molecule has 0 atom stereocenters. The van der Waals surface area contributed by atoms with Crippen LogP contribution in [0.15, 0.2) is 41.7 Å². The number of hydrogen-bond donors (Lipinski definition) is 0. The van der Waals surface area contributed by atoms with E-state index in [0.29, 0.717) is 6.54 Å². The molecule has 0 aromatic carbocycles. The molecule has 0 unspecified atom stereocenters. The van der Waals surface area contributed by atoms with E-state index in [0.717, 1.165) is 12.0 Å². The zero-order chi connectivity index (χ0) is 11.4. The van der Waals surface area contributed by atoms with Crippen LogP contribution in [0, 0.1) is 0 Å². The van der Waals surface area contributed by atoms with Crippen LogP contribution in [0.1, 0.15) is 5.56 Å². The van der Waals surface area contributed by atoms with Gasteiger partial charge in [-0.05, 0) is 18.1 Å². The molecule has 0 aliphatic carbocycles. The van der Waals surface area contributed by atoms with Crippen LogP contribution in [0.2, 0.25) is 5.15 Å². The molecule has 2 rings (SSSR count). The van der Waals surface area contributed by atoms with Gasteiger partial charge in [-0.3, -0.25) is 14.3 Å². The molecule has 0 saturated heterocycles. The van der Waals surface area contributed by atoms with E-state index < -0.39 is 0 Å². The average molecular weight is 236 g/mol. The second-order valence-electron chi connectivity index (χ2n) is 3.35. The van der Waals surface area contributed by atoms with Crippen LogP contribution in [0.25, 0.3) is 0 Å². The van der Waals surface area contributed by atoms with Crippen molar-refractivity contribution in [2.75, 3.05) is 0 Å². The molecule has 2 heterocycles. The minimum absolute atomic E-state index is 0.135. The van der Waals surface area contributed by atoms with E-state index in [1.807, 2.05) is 12.1 Å². The lowest BCUT2D eigenvalue weighted by Gasteiger charge is -2.04. The Morgan fingerprint density at radius 3 is 3.00 bits per heavy atom. The van der Waals surface area contributed by atoms with Gasteiger partial charge in [-0.25, -0.2) is 4.98 Å². The third-order valence-electron chi connectivity index (χ3n) is 2.21. The van der Waals surface area contributed by atoms with Crippen molar-refractivity contribution in [3.05, 3.63) is 58.0 Å². The first-order valence-corrected chi connectivity index (χ1v) is 5.24. The number of nitrogens with zero attached hydrogens (tertiary/aromatic N) is 3. The minimum atomic E-state index is -0.135. The van der Waals surface area contributed by atoms with Gasteiger partial charge >= 0.3 is 0 Å². The maximum absolute atomic E-state index is 11.5. The molecule has 5 heteroatoms. The number of rotatable bonds is 3.